The number of pyridine rings is 1. The lowest BCUT2D eigenvalue weighted by molar-refractivity contribution is 0.0942. The van der Waals surface area contributed by atoms with Crippen LogP contribution in [-0.4, -0.2) is 15.5 Å². The van der Waals surface area contributed by atoms with E-state index in [2.05, 4.69) is 10.3 Å². The van der Waals surface area contributed by atoms with Crippen molar-refractivity contribution in [2.45, 2.75) is 20.0 Å². The van der Waals surface area contributed by atoms with Crippen LogP contribution in [0.3, 0.4) is 0 Å². The molecule has 0 bridgehead atoms. The quantitative estimate of drug-likeness (QED) is 0.596. The minimum absolute atomic E-state index is 0.143. The summed E-state index contributed by atoms with van der Waals surface area (Å²) in [4.78, 5) is 17.0. The number of aromatic nitrogens is 2. The average Bonchev–Trinajstić information content (AvgIpc) is 3.19. The Kier molecular flexibility index (Phi) is 4.27. The number of benzene rings is 1. The van der Waals surface area contributed by atoms with Crippen molar-refractivity contribution < 1.29 is 9.21 Å². The van der Waals surface area contributed by atoms with Crippen LogP contribution in [0, 0.1) is 6.92 Å². The third kappa shape index (κ3) is 3.24. The van der Waals surface area contributed by atoms with Crippen LogP contribution in [-0.2, 0) is 13.1 Å². The number of furan rings is 1. The molecule has 4 aromatic rings. The van der Waals surface area contributed by atoms with E-state index >= 15 is 0 Å². The fourth-order valence-corrected chi connectivity index (χ4v) is 3.05. The molecule has 3 heterocycles. The zero-order valence-corrected chi connectivity index (χ0v) is 14.5. The lowest BCUT2D eigenvalue weighted by Crippen LogP contribution is -2.26. The van der Waals surface area contributed by atoms with Crippen LogP contribution in [0.1, 0.15) is 27.5 Å². The first-order valence-corrected chi connectivity index (χ1v) is 8.52. The first-order valence-electron chi connectivity index (χ1n) is 8.52. The van der Waals surface area contributed by atoms with Gasteiger partial charge in [-0.3, -0.25) is 9.78 Å². The van der Waals surface area contributed by atoms with Gasteiger partial charge in [-0.25, -0.2) is 0 Å². The zero-order chi connectivity index (χ0) is 17.9. The van der Waals surface area contributed by atoms with Crippen LogP contribution in [0.25, 0.3) is 11.1 Å². The molecule has 0 atom stereocenters. The van der Waals surface area contributed by atoms with Gasteiger partial charge in [-0.15, -0.1) is 0 Å². The Morgan fingerprint density at radius 2 is 1.92 bits per heavy atom. The second-order valence-corrected chi connectivity index (χ2v) is 6.21. The fraction of sp³-hybridized carbons (Fsp3) is 0.143. The largest absolute Gasteiger partial charge is 0.460 e. The van der Waals surface area contributed by atoms with Crippen LogP contribution >= 0.6 is 0 Å². The molecule has 0 spiro atoms. The molecule has 0 aliphatic rings. The van der Waals surface area contributed by atoms with Gasteiger partial charge in [0.05, 0.1) is 17.8 Å². The highest BCUT2D eigenvalue weighted by Gasteiger charge is 2.18. The third-order valence-corrected chi connectivity index (χ3v) is 4.29. The standard InChI is InChI=1S/C21H19N3O2/c1-15-11-18-20(26-15)12-19(24(18)14-16-7-3-2-4-8-16)21(25)23-13-17-9-5-6-10-22-17/h2-12H,13-14H2,1H3,(H,23,25). The molecule has 1 N–H and O–H groups in total. The van der Waals surface area contributed by atoms with Crippen molar-refractivity contribution in [3.05, 3.63) is 89.6 Å². The summed E-state index contributed by atoms with van der Waals surface area (Å²) in [6, 6.07) is 19.5. The lowest BCUT2D eigenvalue weighted by Gasteiger charge is -2.10. The summed E-state index contributed by atoms with van der Waals surface area (Å²) < 4.78 is 7.72. The Labute approximate surface area is 151 Å². The van der Waals surface area contributed by atoms with E-state index in [1.54, 1.807) is 12.3 Å². The highest BCUT2D eigenvalue weighted by Crippen LogP contribution is 2.25. The first-order chi connectivity index (χ1) is 12.7. The van der Waals surface area contributed by atoms with E-state index in [1.165, 1.54) is 0 Å². The number of fused-ring (bicyclic) bond motifs is 1. The SMILES string of the molecule is Cc1cc2c(cc(C(=O)NCc3ccccn3)n2Cc2ccccc2)o1. The van der Waals surface area contributed by atoms with E-state index in [-0.39, 0.29) is 5.91 Å². The summed E-state index contributed by atoms with van der Waals surface area (Å²) in [5.41, 5.74) is 4.18. The molecule has 1 aromatic carbocycles. The molecular formula is C21H19N3O2. The number of hydrogen-bond acceptors (Lipinski definition) is 3. The molecule has 0 saturated carbocycles. The molecule has 0 aliphatic heterocycles. The molecule has 4 rings (SSSR count). The second-order valence-electron chi connectivity index (χ2n) is 6.21. The van der Waals surface area contributed by atoms with Gasteiger partial charge in [0.2, 0.25) is 0 Å². The van der Waals surface area contributed by atoms with E-state index in [4.69, 9.17) is 4.42 Å². The maximum atomic E-state index is 12.8. The van der Waals surface area contributed by atoms with Crippen LogP contribution in [0.4, 0.5) is 0 Å². The normalized spacial score (nSPS) is 11.0. The molecule has 0 unspecified atom stereocenters. The lowest BCUT2D eigenvalue weighted by atomic mass is 10.2. The van der Waals surface area contributed by atoms with Crippen molar-refractivity contribution in [1.82, 2.24) is 14.9 Å². The molecule has 0 fully saturated rings. The predicted molar refractivity (Wildman–Crippen MR) is 99.9 cm³/mol. The number of rotatable bonds is 5. The molecule has 0 saturated heterocycles. The summed E-state index contributed by atoms with van der Waals surface area (Å²) in [5.74, 6) is 0.688. The van der Waals surface area contributed by atoms with E-state index < -0.39 is 0 Å². The van der Waals surface area contributed by atoms with Crippen LogP contribution in [0.15, 0.2) is 71.3 Å². The van der Waals surface area contributed by atoms with E-state index in [1.807, 2.05) is 66.1 Å². The van der Waals surface area contributed by atoms with Crippen molar-refractivity contribution in [3.8, 4) is 0 Å². The number of aryl methyl sites for hydroxylation is 1. The predicted octanol–water partition coefficient (Wildman–Crippen LogP) is 3.92. The molecular weight excluding hydrogens is 326 g/mol. The summed E-state index contributed by atoms with van der Waals surface area (Å²) >= 11 is 0. The molecule has 5 heteroatoms. The minimum atomic E-state index is -0.143. The van der Waals surface area contributed by atoms with Crippen LogP contribution in [0.5, 0.6) is 0 Å². The van der Waals surface area contributed by atoms with Crippen molar-refractivity contribution >= 4 is 17.0 Å². The highest BCUT2D eigenvalue weighted by molar-refractivity contribution is 5.97. The summed E-state index contributed by atoms with van der Waals surface area (Å²) in [6.07, 6.45) is 1.72. The summed E-state index contributed by atoms with van der Waals surface area (Å²) in [6.45, 7) is 2.90. The fourth-order valence-electron chi connectivity index (χ4n) is 3.05. The molecule has 130 valence electrons. The van der Waals surface area contributed by atoms with Gasteiger partial charge in [0.15, 0.2) is 5.58 Å². The molecule has 0 aliphatic carbocycles. The maximum absolute atomic E-state index is 12.8. The van der Waals surface area contributed by atoms with E-state index in [0.717, 1.165) is 28.1 Å². The monoisotopic (exact) mass is 345 g/mol. The number of carbonyl (C=O) groups excluding carboxylic acids is 1. The average molecular weight is 345 g/mol. The Hall–Kier alpha value is -3.34. The third-order valence-electron chi connectivity index (χ3n) is 4.29. The summed E-state index contributed by atoms with van der Waals surface area (Å²) in [7, 11) is 0. The van der Waals surface area contributed by atoms with Crippen molar-refractivity contribution in [2.75, 3.05) is 0 Å². The van der Waals surface area contributed by atoms with Crippen LogP contribution < -0.4 is 5.32 Å². The van der Waals surface area contributed by atoms with Gasteiger partial charge in [-0.1, -0.05) is 36.4 Å². The highest BCUT2D eigenvalue weighted by atomic mass is 16.3. The van der Waals surface area contributed by atoms with Crippen molar-refractivity contribution in [2.24, 2.45) is 0 Å². The van der Waals surface area contributed by atoms with Gasteiger partial charge in [0.1, 0.15) is 11.5 Å². The van der Waals surface area contributed by atoms with Crippen molar-refractivity contribution in [1.29, 1.82) is 0 Å². The van der Waals surface area contributed by atoms with Gasteiger partial charge in [0, 0.05) is 24.9 Å². The minimum Gasteiger partial charge on any atom is -0.460 e. The number of nitrogens with zero attached hydrogens (tertiary/aromatic N) is 2. The Morgan fingerprint density at radius 1 is 1.12 bits per heavy atom. The second kappa shape index (κ2) is 6.88. The first kappa shape index (κ1) is 16.1. The molecule has 26 heavy (non-hydrogen) atoms. The summed E-state index contributed by atoms with van der Waals surface area (Å²) in [5, 5.41) is 2.94. The van der Waals surface area contributed by atoms with Crippen LogP contribution in [0.2, 0.25) is 0 Å². The van der Waals surface area contributed by atoms with Gasteiger partial charge >= 0.3 is 0 Å². The Bertz CT molecular complexity index is 1030. The van der Waals surface area contributed by atoms with Crippen molar-refractivity contribution in [3.63, 3.8) is 0 Å². The zero-order valence-electron chi connectivity index (χ0n) is 14.5. The van der Waals surface area contributed by atoms with Gasteiger partial charge < -0.3 is 14.3 Å². The molecule has 0 radical (unpaired) electrons. The maximum Gasteiger partial charge on any atom is 0.268 e. The molecule has 5 nitrogen and oxygen atoms in total. The number of carbonyl (C=O) groups is 1. The number of nitrogens with one attached hydrogen (secondary N) is 1. The number of hydrogen-bond donors (Lipinski definition) is 1. The van der Waals surface area contributed by atoms with E-state index in [9.17, 15) is 4.79 Å². The Morgan fingerprint density at radius 3 is 2.69 bits per heavy atom. The Balaban J connectivity index is 1.64. The van der Waals surface area contributed by atoms with Gasteiger partial charge in [0.25, 0.3) is 5.91 Å². The van der Waals surface area contributed by atoms with Gasteiger partial charge in [-0.2, -0.15) is 0 Å². The molecule has 1 amide bonds. The molecule has 3 aromatic heterocycles. The van der Waals surface area contributed by atoms with E-state index in [0.29, 0.717) is 18.8 Å². The smallest absolute Gasteiger partial charge is 0.268 e. The topological polar surface area (TPSA) is 60.1 Å². The number of amides is 1. The van der Waals surface area contributed by atoms with Gasteiger partial charge in [-0.05, 0) is 24.6 Å².